The van der Waals surface area contributed by atoms with E-state index in [0.717, 1.165) is 31.2 Å². The van der Waals surface area contributed by atoms with Crippen molar-refractivity contribution in [3.8, 4) is 0 Å². The second-order valence-corrected chi connectivity index (χ2v) is 9.18. The van der Waals surface area contributed by atoms with Crippen LogP contribution in [0, 0.1) is 11.8 Å². The first-order chi connectivity index (χ1) is 16.4. The van der Waals surface area contributed by atoms with Gasteiger partial charge in [-0.15, -0.1) is 0 Å². The first kappa shape index (κ1) is 25.9. The molecule has 1 N–H and O–H groups in total. The van der Waals surface area contributed by atoms with E-state index in [4.69, 9.17) is 14.6 Å². The molecule has 1 heterocycles. The predicted octanol–water partition coefficient (Wildman–Crippen LogP) is 4.01. The Bertz CT molecular complexity index is 945. The normalized spacial score (nSPS) is 18.3. The highest BCUT2D eigenvalue weighted by atomic mass is 16.5. The molecule has 0 radical (unpaired) electrons. The Balaban J connectivity index is 2.10. The molecule has 1 aliphatic carbocycles. The number of benzene rings is 1. The molecule has 0 aliphatic heterocycles. The Hall–Kier alpha value is -2.71. The van der Waals surface area contributed by atoms with E-state index in [2.05, 4.69) is 6.92 Å². The van der Waals surface area contributed by atoms with Gasteiger partial charge in [-0.2, -0.15) is 5.10 Å². The molecule has 1 aliphatic rings. The third-order valence-electron chi connectivity index (χ3n) is 6.68. The molecule has 1 saturated carbocycles. The monoisotopic (exact) mass is 471 g/mol. The minimum Gasteiger partial charge on any atom is -0.477 e. The van der Waals surface area contributed by atoms with Crippen molar-refractivity contribution in [2.75, 3.05) is 32.3 Å². The van der Waals surface area contributed by atoms with Gasteiger partial charge < -0.3 is 14.6 Å². The van der Waals surface area contributed by atoms with Crippen LogP contribution in [0.3, 0.4) is 0 Å². The molecule has 2 aromatic rings. The Kier molecular flexibility index (Phi) is 9.24. The van der Waals surface area contributed by atoms with Crippen molar-refractivity contribution < 1.29 is 24.2 Å². The van der Waals surface area contributed by atoms with E-state index >= 15 is 0 Å². The molecule has 0 spiro atoms. The van der Waals surface area contributed by atoms with E-state index in [9.17, 15) is 14.7 Å². The molecule has 1 amide bonds. The third kappa shape index (κ3) is 5.85. The number of carboxylic acid groups (broad SMARTS) is 1. The van der Waals surface area contributed by atoms with E-state index in [1.807, 2.05) is 37.3 Å². The van der Waals surface area contributed by atoms with Crippen molar-refractivity contribution in [2.24, 2.45) is 11.8 Å². The molecular weight excluding hydrogens is 434 g/mol. The number of hydrogen-bond donors (Lipinski definition) is 1. The summed E-state index contributed by atoms with van der Waals surface area (Å²) in [6.07, 6.45) is 4.02. The molecule has 8 nitrogen and oxygen atoms in total. The molecule has 3 rings (SSSR count). The van der Waals surface area contributed by atoms with E-state index in [-0.39, 0.29) is 36.4 Å². The second-order valence-electron chi connectivity index (χ2n) is 9.18. The van der Waals surface area contributed by atoms with Crippen LogP contribution in [0.4, 0.5) is 5.82 Å². The van der Waals surface area contributed by atoms with Crippen LogP contribution < -0.4 is 4.90 Å². The molecular formula is C26H37N3O5. The van der Waals surface area contributed by atoms with Crippen LogP contribution >= 0.6 is 0 Å². The van der Waals surface area contributed by atoms with Gasteiger partial charge >= 0.3 is 5.97 Å². The SMILES string of the molecule is CCc1c(C(=O)O)c(N(C(=O)[C@H]2CC[C@H](C)CC2)C(COC)COC)nn1Cc1ccccc1. The van der Waals surface area contributed by atoms with E-state index in [1.54, 1.807) is 23.8 Å². The topological polar surface area (TPSA) is 93.9 Å². The van der Waals surface area contributed by atoms with Gasteiger partial charge in [-0.05, 0) is 43.6 Å². The van der Waals surface area contributed by atoms with Gasteiger partial charge in [0, 0.05) is 20.1 Å². The van der Waals surface area contributed by atoms with Crippen molar-refractivity contribution >= 4 is 17.7 Å². The van der Waals surface area contributed by atoms with Gasteiger partial charge in [0.25, 0.3) is 0 Å². The number of carbonyl (C=O) groups excluding carboxylic acids is 1. The summed E-state index contributed by atoms with van der Waals surface area (Å²) in [5.74, 6) is -0.575. The molecule has 1 fully saturated rings. The first-order valence-electron chi connectivity index (χ1n) is 12.1. The summed E-state index contributed by atoms with van der Waals surface area (Å²) in [5.41, 5.74) is 1.68. The molecule has 8 heteroatoms. The molecule has 1 aromatic heterocycles. The second kappa shape index (κ2) is 12.1. The highest BCUT2D eigenvalue weighted by Crippen LogP contribution is 2.34. The number of anilines is 1. The van der Waals surface area contributed by atoms with Crippen molar-refractivity contribution in [3.63, 3.8) is 0 Å². The van der Waals surface area contributed by atoms with Crippen molar-refractivity contribution in [3.05, 3.63) is 47.2 Å². The fraction of sp³-hybridized carbons (Fsp3) is 0.577. The van der Waals surface area contributed by atoms with Gasteiger partial charge in [0.15, 0.2) is 5.82 Å². The van der Waals surface area contributed by atoms with Gasteiger partial charge in [-0.1, -0.05) is 44.2 Å². The summed E-state index contributed by atoms with van der Waals surface area (Å²) in [7, 11) is 3.13. The maximum absolute atomic E-state index is 13.9. The summed E-state index contributed by atoms with van der Waals surface area (Å²) in [6, 6.07) is 9.29. The number of nitrogens with zero attached hydrogens (tertiary/aromatic N) is 3. The van der Waals surface area contributed by atoms with E-state index in [0.29, 0.717) is 24.6 Å². The molecule has 186 valence electrons. The van der Waals surface area contributed by atoms with Crippen LogP contribution in [0.5, 0.6) is 0 Å². The number of hydrogen-bond acceptors (Lipinski definition) is 5. The lowest BCUT2D eigenvalue weighted by Gasteiger charge is -2.34. The zero-order valence-corrected chi connectivity index (χ0v) is 20.7. The van der Waals surface area contributed by atoms with Crippen molar-refractivity contribution in [1.29, 1.82) is 0 Å². The van der Waals surface area contributed by atoms with Gasteiger partial charge in [0.2, 0.25) is 5.91 Å². The number of carbonyl (C=O) groups is 2. The smallest absolute Gasteiger partial charge is 0.341 e. The fourth-order valence-corrected chi connectivity index (χ4v) is 4.86. The minimum atomic E-state index is -1.09. The number of methoxy groups -OCH3 is 2. The third-order valence-corrected chi connectivity index (χ3v) is 6.68. The maximum Gasteiger partial charge on any atom is 0.341 e. The summed E-state index contributed by atoms with van der Waals surface area (Å²) in [4.78, 5) is 28.0. The van der Waals surface area contributed by atoms with Crippen LogP contribution in [0.1, 0.15) is 61.1 Å². The van der Waals surface area contributed by atoms with Crippen LogP contribution in [0.15, 0.2) is 30.3 Å². The lowest BCUT2D eigenvalue weighted by atomic mass is 9.82. The zero-order chi connectivity index (χ0) is 24.7. The summed E-state index contributed by atoms with van der Waals surface area (Å²) in [6.45, 7) is 4.97. The zero-order valence-electron chi connectivity index (χ0n) is 20.7. The summed E-state index contributed by atoms with van der Waals surface area (Å²) >= 11 is 0. The molecule has 1 aromatic carbocycles. The quantitative estimate of drug-likeness (QED) is 0.532. The van der Waals surface area contributed by atoms with Gasteiger partial charge in [-0.3, -0.25) is 14.4 Å². The van der Waals surface area contributed by atoms with Gasteiger partial charge in [-0.25, -0.2) is 4.79 Å². The Morgan fingerprint density at radius 1 is 1.12 bits per heavy atom. The number of aromatic carboxylic acids is 1. The number of amides is 1. The fourth-order valence-electron chi connectivity index (χ4n) is 4.86. The molecule has 0 unspecified atom stereocenters. The molecule has 34 heavy (non-hydrogen) atoms. The molecule has 0 atom stereocenters. The highest BCUT2D eigenvalue weighted by molar-refractivity contribution is 6.02. The van der Waals surface area contributed by atoms with E-state index in [1.165, 1.54) is 0 Å². The van der Waals surface area contributed by atoms with Crippen LogP contribution in [0.25, 0.3) is 0 Å². The Labute approximate surface area is 201 Å². The summed E-state index contributed by atoms with van der Waals surface area (Å²) in [5, 5.41) is 15.0. The van der Waals surface area contributed by atoms with Crippen molar-refractivity contribution in [2.45, 2.75) is 58.5 Å². The Morgan fingerprint density at radius 3 is 2.26 bits per heavy atom. The molecule has 0 saturated heterocycles. The standard InChI is InChI=1S/C26H37N3O5/c1-5-22-23(26(31)32)24(27-28(22)15-19-9-7-6-8-10-19)29(21(16-33-3)17-34-4)25(30)20-13-11-18(2)12-14-20/h6-10,18,20-21H,5,11-17H2,1-4H3,(H,31,32)/t18-,20-. The largest absolute Gasteiger partial charge is 0.477 e. The lowest BCUT2D eigenvalue weighted by Crippen LogP contribution is -2.49. The van der Waals surface area contributed by atoms with Crippen molar-refractivity contribution in [1.82, 2.24) is 9.78 Å². The number of aromatic nitrogens is 2. The van der Waals surface area contributed by atoms with Gasteiger partial charge in [0.05, 0.1) is 31.5 Å². The van der Waals surface area contributed by atoms with Gasteiger partial charge in [0.1, 0.15) is 5.56 Å². The molecule has 0 bridgehead atoms. The van der Waals surface area contributed by atoms with Crippen LogP contribution in [0.2, 0.25) is 0 Å². The number of rotatable bonds is 11. The predicted molar refractivity (Wildman–Crippen MR) is 130 cm³/mol. The first-order valence-corrected chi connectivity index (χ1v) is 12.1. The Morgan fingerprint density at radius 2 is 1.74 bits per heavy atom. The van der Waals surface area contributed by atoms with E-state index < -0.39 is 12.0 Å². The van der Waals surface area contributed by atoms with Crippen LogP contribution in [-0.4, -0.2) is 60.2 Å². The lowest BCUT2D eigenvalue weighted by molar-refractivity contribution is -0.124. The number of ether oxygens (including phenoxy) is 2. The highest BCUT2D eigenvalue weighted by Gasteiger charge is 2.38. The number of carboxylic acids is 1. The average Bonchev–Trinajstić information content (AvgIpc) is 3.18. The average molecular weight is 472 g/mol. The summed E-state index contributed by atoms with van der Waals surface area (Å²) < 4.78 is 12.6. The maximum atomic E-state index is 13.9. The van der Waals surface area contributed by atoms with Crippen LogP contribution in [-0.2, 0) is 27.2 Å². The minimum absolute atomic E-state index is 0.0770.